The number of aromatic nitrogens is 3. The van der Waals surface area contributed by atoms with Gasteiger partial charge in [0.05, 0.1) is 6.61 Å². The molecule has 7 heteroatoms. The molecule has 3 aliphatic rings. The van der Waals surface area contributed by atoms with Crippen molar-refractivity contribution in [3.05, 3.63) is 33.5 Å². The molecule has 1 spiro atoms. The van der Waals surface area contributed by atoms with Crippen LogP contribution in [0.4, 0.5) is 0 Å². The summed E-state index contributed by atoms with van der Waals surface area (Å²) in [4.78, 5) is 16.3. The first kappa shape index (κ1) is 15.5. The molecule has 1 saturated heterocycles. The van der Waals surface area contributed by atoms with E-state index in [-0.39, 0.29) is 11.5 Å². The van der Waals surface area contributed by atoms with Gasteiger partial charge < -0.3 is 14.2 Å². The molecule has 0 bridgehead atoms. The second-order valence-electron chi connectivity index (χ2n) is 7.21. The molecule has 0 atom stereocenters. The van der Waals surface area contributed by atoms with Crippen LogP contribution < -0.4 is 0 Å². The number of rotatable bonds is 1. The highest BCUT2D eigenvalue weighted by Crippen LogP contribution is 2.44. The summed E-state index contributed by atoms with van der Waals surface area (Å²) in [6.07, 6.45) is 5.91. The summed E-state index contributed by atoms with van der Waals surface area (Å²) in [6.45, 7) is 3.09. The van der Waals surface area contributed by atoms with E-state index in [2.05, 4.69) is 21.6 Å². The van der Waals surface area contributed by atoms with E-state index < -0.39 is 0 Å². The number of carbonyl (C=O) groups excluding carboxylic acids is 1. The Morgan fingerprint density at radius 1 is 1.16 bits per heavy atom. The van der Waals surface area contributed by atoms with Crippen molar-refractivity contribution in [1.82, 2.24) is 19.7 Å². The summed E-state index contributed by atoms with van der Waals surface area (Å²) in [5.41, 5.74) is 1.26. The van der Waals surface area contributed by atoms with Crippen LogP contribution in [0.2, 0.25) is 0 Å². The topological polar surface area (TPSA) is 60.2 Å². The highest BCUT2D eigenvalue weighted by molar-refractivity contribution is 7.10. The van der Waals surface area contributed by atoms with E-state index in [0.29, 0.717) is 5.82 Å². The highest BCUT2D eigenvalue weighted by atomic mass is 32.1. The van der Waals surface area contributed by atoms with Gasteiger partial charge in [-0.2, -0.15) is 0 Å². The van der Waals surface area contributed by atoms with Gasteiger partial charge >= 0.3 is 0 Å². The van der Waals surface area contributed by atoms with Crippen molar-refractivity contribution in [2.75, 3.05) is 19.7 Å². The van der Waals surface area contributed by atoms with Crippen LogP contribution in [0.3, 0.4) is 0 Å². The van der Waals surface area contributed by atoms with Crippen LogP contribution >= 0.6 is 11.3 Å². The molecule has 1 fully saturated rings. The van der Waals surface area contributed by atoms with E-state index in [1.807, 2.05) is 9.47 Å². The van der Waals surface area contributed by atoms with Crippen molar-refractivity contribution in [2.45, 2.75) is 50.7 Å². The van der Waals surface area contributed by atoms with Gasteiger partial charge in [-0.3, -0.25) is 4.79 Å². The average Bonchev–Trinajstić information content (AvgIpc) is 3.30. The van der Waals surface area contributed by atoms with Crippen molar-refractivity contribution in [3.8, 4) is 0 Å². The molecular formula is C18H22N4O2S. The zero-order valence-electron chi connectivity index (χ0n) is 14.2. The second-order valence-corrected chi connectivity index (χ2v) is 8.12. The monoisotopic (exact) mass is 358 g/mol. The van der Waals surface area contributed by atoms with Crippen LogP contribution in [0.25, 0.3) is 0 Å². The fraction of sp³-hybridized carbons (Fsp3) is 0.611. The molecule has 0 radical (unpaired) electrons. The predicted molar refractivity (Wildman–Crippen MR) is 93.8 cm³/mol. The Labute approximate surface area is 150 Å². The van der Waals surface area contributed by atoms with E-state index >= 15 is 0 Å². The summed E-state index contributed by atoms with van der Waals surface area (Å²) in [5.74, 6) is 1.51. The largest absolute Gasteiger partial charge is 0.369 e. The molecule has 0 aliphatic carbocycles. The van der Waals surface area contributed by atoms with Crippen molar-refractivity contribution in [1.29, 1.82) is 0 Å². The summed E-state index contributed by atoms with van der Waals surface area (Å²) < 4.78 is 8.26. The lowest BCUT2D eigenvalue weighted by Crippen LogP contribution is -2.48. The number of ether oxygens (including phenoxy) is 1. The highest BCUT2D eigenvalue weighted by Gasteiger charge is 2.43. The van der Waals surface area contributed by atoms with Crippen molar-refractivity contribution in [3.63, 3.8) is 0 Å². The van der Waals surface area contributed by atoms with Crippen LogP contribution in [0, 0.1) is 0 Å². The Morgan fingerprint density at radius 2 is 2.04 bits per heavy atom. The Bertz CT molecular complexity index is 804. The maximum atomic E-state index is 13.0. The second kappa shape index (κ2) is 5.92. The molecule has 0 unspecified atom stereocenters. The third-order valence-electron chi connectivity index (χ3n) is 5.82. The molecule has 2 aromatic heterocycles. The molecule has 0 aromatic carbocycles. The Morgan fingerprint density at radius 3 is 2.92 bits per heavy atom. The van der Waals surface area contributed by atoms with Gasteiger partial charge in [-0.1, -0.05) is 0 Å². The number of hydrogen-bond donors (Lipinski definition) is 0. The minimum Gasteiger partial charge on any atom is -0.369 e. The van der Waals surface area contributed by atoms with Crippen LogP contribution in [-0.2, 0) is 29.7 Å². The number of amides is 1. The maximum Gasteiger partial charge on any atom is 0.291 e. The van der Waals surface area contributed by atoms with Gasteiger partial charge in [0.1, 0.15) is 11.4 Å². The van der Waals surface area contributed by atoms with Gasteiger partial charge in [0.2, 0.25) is 5.82 Å². The molecule has 0 saturated carbocycles. The van der Waals surface area contributed by atoms with Crippen molar-refractivity contribution in [2.24, 2.45) is 0 Å². The van der Waals surface area contributed by atoms with E-state index in [1.54, 1.807) is 11.3 Å². The van der Waals surface area contributed by atoms with Gasteiger partial charge in [0, 0.05) is 30.9 Å². The molecule has 2 aromatic rings. The normalized spacial score (nSPS) is 21.8. The number of likely N-dealkylation sites (tertiary alicyclic amines) is 1. The van der Waals surface area contributed by atoms with Crippen LogP contribution in [0.15, 0.2) is 11.4 Å². The Hall–Kier alpha value is -1.73. The Balaban J connectivity index is 1.34. The maximum absolute atomic E-state index is 13.0. The SMILES string of the molecule is O=C(c1nnc2n1CCCC2)N1CCC2(CC1)OCCc1ccsc12. The third-order valence-corrected chi connectivity index (χ3v) is 6.96. The summed E-state index contributed by atoms with van der Waals surface area (Å²) in [5, 5.41) is 10.6. The molecular weight excluding hydrogens is 336 g/mol. The molecule has 3 aliphatic heterocycles. The van der Waals surface area contributed by atoms with Crippen molar-refractivity contribution < 1.29 is 9.53 Å². The van der Waals surface area contributed by atoms with E-state index in [4.69, 9.17) is 4.74 Å². The lowest BCUT2D eigenvalue weighted by atomic mass is 9.85. The average molecular weight is 358 g/mol. The van der Waals surface area contributed by atoms with E-state index in [1.165, 1.54) is 10.4 Å². The molecule has 25 heavy (non-hydrogen) atoms. The molecule has 132 valence electrons. The number of piperidine rings is 1. The number of carbonyl (C=O) groups is 1. The van der Waals surface area contributed by atoms with Gasteiger partial charge in [-0.15, -0.1) is 21.5 Å². The standard InChI is InChI=1S/C18H22N4O2S/c23-17(16-20-19-14-3-1-2-8-22(14)16)21-9-6-18(7-10-21)15-13(4-11-24-18)5-12-25-15/h5,12H,1-4,6-11H2. The van der Waals surface area contributed by atoms with Gasteiger partial charge in [-0.05, 0) is 49.1 Å². The quantitative estimate of drug-likeness (QED) is 0.785. The lowest BCUT2D eigenvalue weighted by molar-refractivity contribution is -0.0907. The van der Waals surface area contributed by atoms with Gasteiger partial charge in [-0.25, -0.2) is 0 Å². The van der Waals surface area contributed by atoms with Crippen LogP contribution in [-0.4, -0.2) is 45.3 Å². The lowest BCUT2D eigenvalue weighted by Gasteiger charge is -2.43. The molecule has 1 amide bonds. The smallest absolute Gasteiger partial charge is 0.291 e. The molecule has 6 nitrogen and oxygen atoms in total. The van der Waals surface area contributed by atoms with Crippen LogP contribution in [0.5, 0.6) is 0 Å². The van der Waals surface area contributed by atoms with Gasteiger partial charge in [0.15, 0.2) is 0 Å². The predicted octanol–water partition coefficient (Wildman–Crippen LogP) is 2.38. The number of aryl methyl sites for hydroxylation is 1. The first-order valence-electron chi connectivity index (χ1n) is 9.19. The van der Waals surface area contributed by atoms with E-state index in [9.17, 15) is 4.79 Å². The molecule has 5 rings (SSSR count). The minimum absolute atomic E-state index is 0.0257. The number of thiophene rings is 1. The van der Waals surface area contributed by atoms with Gasteiger partial charge in [0.25, 0.3) is 5.91 Å². The van der Waals surface area contributed by atoms with Crippen molar-refractivity contribution >= 4 is 17.2 Å². The third kappa shape index (κ3) is 2.44. The molecule has 5 heterocycles. The summed E-state index contributed by atoms with van der Waals surface area (Å²) >= 11 is 1.80. The van der Waals surface area contributed by atoms with Crippen LogP contribution in [0.1, 0.15) is 52.6 Å². The molecule has 0 N–H and O–H groups in total. The Kier molecular flexibility index (Phi) is 3.67. The van der Waals surface area contributed by atoms with E-state index in [0.717, 1.165) is 70.6 Å². The number of nitrogens with zero attached hydrogens (tertiary/aromatic N) is 4. The fourth-order valence-corrected chi connectivity index (χ4v) is 5.57. The zero-order valence-corrected chi connectivity index (χ0v) is 15.1. The zero-order chi connectivity index (χ0) is 16.9. The minimum atomic E-state index is -0.178. The summed E-state index contributed by atoms with van der Waals surface area (Å²) in [7, 11) is 0. The first-order chi connectivity index (χ1) is 12.3. The fourth-order valence-electron chi connectivity index (χ4n) is 4.40. The number of hydrogen-bond acceptors (Lipinski definition) is 5. The number of fused-ring (bicyclic) bond motifs is 3. The summed E-state index contributed by atoms with van der Waals surface area (Å²) in [6, 6.07) is 2.23. The first-order valence-corrected chi connectivity index (χ1v) is 10.1.